The van der Waals surface area contributed by atoms with Gasteiger partial charge in [0.05, 0.1) is 11.7 Å². The van der Waals surface area contributed by atoms with Gasteiger partial charge < -0.3 is 5.32 Å². The number of nitrogens with zero attached hydrogens (tertiary/aromatic N) is 3. The minimum Gasteiger partial charge on any atom is -0.305 e. The Labute approximate surface area is 128 Å². The third kappa shape index (κ3) is 3.11. The van der Waals surface area contributed by atoms with Gasteiger partial charge in [0, 0.05) is 12.6 Å². The van der Waals surface area contributed by atoms with Crippen LogP contribution in [0.4, 0.5) is 13.2 Å². The molecule has 2 rings (SSSR count). The van der Waals surface area contributed by atoms with Crippen molar-refractivity contribution in [3.05, 3.63) is 45.4 Å². The van der Waals surface area contributed by atoms with Gasteiger partial charge in [0.1, 0.15) is 0 Å². The SMILES string of the molecule is CCCNC(c1ccc(F)c(F)c1F)c1c(Br)nnn1C. The Kier molecular flexibility index (Phi) is 5.00. The highest BCUT2D eigenvalue weighted by Crippen LogP contribution is 2.30. The summed E-state index contributed by atoms with van der Waals surface area (Å²) in [6, 6.07) is 1.45. The number of aryl methyl sites for hydroxylation is 1. The lowest BCUT2D eigenvalue weighted by atomic mass is 10.0. The van der Waals surface area contributed by atoms with Gasteiger partial charge >= 0.3 is 0 Å². The van der Waals surface area contributed by atoms with Gasteiger partial charge in [-0.05, 0) is 35.0 Å². The molecule has 0 fully saturated rings. The van der Waals surface area contributed by atoms with E-state index in [4.69, 9.17) is 0 Å². The second-order valence-corrected chi connectivity index (χ2v) is 5.29. The Balaban J connectivity index is 2.54. The molecule has 0 saturated carbocycles. The zero-order valence-corrected chi connectivity index (χ0v) is 13.1. The third-order valence-electron chi connectivity index (χ3n) is 3.07. The van der Waals surface area contributed by atoms with Gasteiger partial charge in [-0.1, -0.05) is 18.2 Å². The van der Waals surface area contributed by atoms with Crippen molar-refractivity contribution in [3.8, 4) is 0 Å². The molecule has 0 amide bonds. The molecule has 0 saturated heterocycles. The standard InChI is InChI=1S/C13H14BrF3N4/c1-3-6-18-11(12-13(14)19-20-21(12)2)7-4-5-8(15)10(17)9(7)16/h4-5,11,18H,3,6H2,1-2H3. The van der Waals surface area contributed by atoms with Crippen LogP contribution >= 0.6 is 15.9 Å². The van der Waals surface area contributed by atoms with E-state index in [1.54, 1.807) is 7.05 Å². The fourth-order valence-corrected chi connectivity index (χ4v) is 2.61. The summed E-state index contributed by atoms with van der Waals surface area (Å²) in [5.74, 6) is -3.91. The molecule has 2 aromatic rings. The van der Waals surface area contributed by atoms with Crippen LogP contribution in [0.2, 0.25) is 0 Å². The van der Waals surface area contributed by atoms with Crippen molar-refractivity contribution in [2.75, 3.05) is 6.54 Å². The summed E-state index contributed by atoms with van der Waals surface area (Å²) >= 11 is 3.24. The van der Waals surface area contributed by atoms with Gasteiger partial charge in [0.2, 0.25) is 0 Å². The Bertz CT molecular complexity index is 625. The fraction of sp³-hybridized carbons (Fsp3) is 0.385. The summed E-state index contributed by atoms with van der Waals surface area (Å²) in [6.45, 7) is 2.52. The monoisotopic (exact) mass is 362 g/mol. The topological polar surface area (TPSA) is 42.7 Å². The normalized spacial score (nSPS) is 12.7. The second-order valence-electron chi connectivity index (χ2n) is 4.54. The number of halogens is 4. The lowest BCUT2D eigenvalue weighted by Gasteiger charge is -2.20. The fourth-order valence-electron chi connectivity index (χ4n) is 2.05. The second kappa shape index (κ2) is 6.57. The first-order valence-electron chi connectivity index (χ1n) is 6.39. The van der Waals surface area contributed by atoms with Gasteiger partial charge in [0.25, 0.3) is 0 Å². The van der Waals surface area contributed by atoms with Crippen LogP contribution in [0.1, 0.15) is 30.6 Å². The molecular formula is C13H14BrF3N4. The first-order chi connectivity index (χ1) is 9.97. The Morgan fingerprint density at radius 2 is 2.00 bits per heavy atom. The lowest BCUT2D eigenvalue weighted by molar-refractivity contribution is 0.429. The van der Waals surface area contributed by atoms with Gasteiger partial charge in [-0.3, -0.25) is 0 Å². The molecule has 0 aliphatic rings. The number of aromatic nitrogens is 3. The molecule has 21 heavy (non-hydrogen) atoms. The highest BCUT2D eigenvalue weighted by Gasteiger charge is 2.26. The van der Waals surface area contributed by atoms with Crippen LogP contribution in [0.3, 0.4) is 0 Å². The molecule has 1 aromatic heterocycles. The van der Waals surface area contributed by atoms with Gasteiger partial charge in [-0.25, -0.2) is 17.9 Å². The average molecular weight is 363 g/mol. The van der Waals surface area contributed by atoms with Crippen LogP contribution in [-0.4, -0.2) is 21.5 Å². The summed E-state index contributed by atoms with van der Waals surface area (Å²) in [6.07, 6.45) is 0.796. The Morgan fingerprint density at radius 1 is 1.29 bits per heavy atom. The first kappa shape index (κ1) is 16.0. The van der Waals surface area contributed by atoms with E-state index in [0.717, 1.165) is 12.5 Å². The number of hydrogen-bond acceptors (Lipinski definition) is 3. The third-order valence-corrected chi connectivity index (χ3v) is 3.64. The minimum atomic E-state index is -1.48. The van der Waals surface area contributed by atoms with E-state index in [1.165, 1.54) is 10.7 Å². The molecule has 0 aliphatic carbocycles. The maximum absolute atomic E-state index is 14.1. The molecule has 0 bridgehead atoms. The van der Waals surface area contributed by atoms with Crippen molar-refractivity contribution >= 4 is 15.9 Å². The molecule has 4 nitrogen and oxygen atoms in total. The Hall–Kier alpha value is -1.41. The van der Waals surface area contributed by atoms with E-state index in [2.05, 4.69) is 31.6 Å². The van der Waals surface area contributed by atoms with Crippen molar-refractivity contribution in [3.63, 3.8) is 0 Å². The van der Waals surface area contributed by atoms with Gasteiger partial charge in [-0.2, -0.15) is 0 Å². The Morgan fingerprint density at radius 3 is 2.57 bits per heavy atom. The predicted molar refractivity (Wildman–Crippen MR) is 75.2 cm³/mol. The van der Waals surface area contributed by atoms with E-state index in [-0.39, 0.29) is 5.56 Å². The number of benzene rings is 1. The predicted octanol–water partition coefficient (Wildman–Crippen LogP) is 3.08. The first-order valence-corrected chi connectivity index (χ1v) is 7.18. The van der Waals surface area contributed by atoms with Crippen LogP contribution in [0.15, 0.2) is 16.7 Å². The molecular weight excluding hydrogens is 349 g/mol. The molecule has 114 valence electrons. The van der Waals surface area contributed by atoms with E-state index in [0.29, 0.717) is 16.8 Å². The van der Waals surface area contributed by atoms with Crippen molar-refractivity contribution in [1.82, 2.24) is 20.3 Å². The van der Waals surface area contributed by atoms with Gasteiger partial charge in [0.15, 0.2) is 22.1 Å². The molecule has 8 heteroatoms. The van der Waals surface area contributed by atoms with E-state index in [9.17, 15) is 13.2 Å². The zero-order valence-electron chi connectivity index (χ0n) is 11.5. The molecule has 1 heterocycles. The number of nitrogens with one attached hydrogen (secondary N) is 1. The molecule has 0 aliphatic heterocycles. The highest BCUT2D eigenvalue weighted by atomic mass is 79.9. The molecule has 1 N–H and O–H groups in total. The van der Waals surface area contributed by atoms with Crippen LogP contribution in [0.5, 0.6) is 0 Å². The van der Waals surface area contributed by atoms with Crippen molar-refractivity contribution in [2.45, 2.75) is 19.4 Å². The average Bonchev–Trinajstić information content (AvgIpc) is 2.79. The van der Waals surface area contributed by atoms with Crippen molar-refractivity contribution in [2.24, 2.45) is 7.05 Å². The smallest absolute Gasteiger partial charge is 0.194 e. The van der Waals surface area contributed by atoms with E-state index < -0.39 is 23.5 Å². The number of hydrogen-bond donors (Lipinski definition) is 1. The molecule has 1 unspecified atom stereocenters. The maximum atomic E-state index is 14.1. The van der Waals surface area contributed by atoms with Crippen molar-refractivity contribution < 1.29 is 13.2 Å². The van der Waals surface area contributed by atoms with E-state index >= 15 is 0 Å². The summed E-state index contributed by atoms with van der Waals surface area (Å²) in [7, 11) is 1.64. The van der Waals surface area contributed by atoms with Crippen LogP contribution in [-0.2, 0) is 7.05 Å². The molecule has 1 aromatic carbocycles. The van der Waals surface area contributed by atoms with Gasteiger partial charge in [-0.15, -0.1) is 5.10 Å². The largest absolute Gasteiger partial charge is 0.305 e. The summed E-state index contributed by atoms with van der Waals surface area (Å²) in [4.78, 5) is 0. The van der Waals surface area contributed by atoms with Crippen LogP contribution in [0, 0.1) is 17.5 Å². The summed E-state index contributed by atoms with van der Waals surface area (Å²) < 4.78 is 42.5. The lowest BCUT2D eigenvalue weighted by Crippen LogP contribution is -2.27. The van der Waals surface area contributed by atoms with Crippen molar-refractivity contribution in [1.29, 1.82) is 0 Å². The quantitative estimate of drug-likeness (QED) is 0.831. The van der Waals surface area contributed by atoms with Crippen LogP contribution in [0.25, 0.3) is 0 Å². The molecule has 0 spiro atoms. The van der Waals surface area contributed by atoms with E-state index in [1.807, 2.05) is 6.92 Å². The van der Waals surface area contributed by atoms with Crippen LogP contribution < -0.4 is 5.32 Å². The zero-order chi connectivity index (χ0) is 15.6. The highest BCUT2D eigenvalue weighted by molar-refractivity contribution is 9.10. The minimum absolute atomic E-state index is 0.00782. The molecule has 1 atom stereocenters. The summed E-state index contributed by atoms with van der Waals surface area (Å²) in [5, 5.41) is 10.8. The molecule has 0 radical (unpaired) electrons. The maximum Gasteiger partial charge on any atom is 0.194 e. The summed E-state index contributed by atoms with van der Waals surface area (Å²) in [5.41, 5.74) is 0.543. The number of rotatable bonds is 5.